The van der Waals surface area contributed by atoms with Gasteiger partial charge in [0.1, 0.15) is 11.6 Å². The first-order chi connectivity index (χ1) is 13.0. The molecule has 0 fully saturated rings. The Kier molecular flexibility index (Phi) is 7.07. The molecule has 0 saturated carbocycles. The van der Waals surface area contributed by atoms with Crippen LogP contribution in [0.5, 0.6) is 0 Å². The molecule has 3 rings (SSSR count). The Morgan fingerprint density at radius 1 is 1.07 bits per heavy atom. The fourth-order valence-electron chi connectivity index (χ4n) is 2.20. The zero-order chi connectivity index (χ0) is 19.6. The van der Waals surface area contributed by atoms with Gasteiger partial charge in [0.25, 0.3) is 0 Å². The average molecular weight is 368 g/mol. The number of aryl methyl sites for hydroxylation is 1. The summed E-state index contributed by atoms with van der Waals surface area (Å²) in [6.07, 6.45) is 3.06. The standard InChI is InChI=1S/C12H15N5.C7H6FNO/c1-2-8-7-9(3-4-10(8)13)16-11-5-6-15-12(14)17-11;8-6-1-3-7(4-2-6)9-5-10/h3-7H,2,13H2,1H3,(H3,14,15,16,17);1-5H,(H,9,10). The normalized spacial score (nSPS) is 9.70. The molecule has 0 radical (unpaired) electrons. The summed E-state index contributed by atoms with van der Waals surface area (Å²) < 4.78 is 12.2. The molecule has 0 bridgehead atoms. The van der Waals surface area contributed by atoms with Crippen LogP contribution in [0.25, 0.3) is 0 Å². The number of carbonyl (C=O) groups is 1. The monoisotopic (exact) mass is 368 g/mol. The van der Waals surface area contributed by atoms with Gasteiger partial charge in [-0.2, -0.15) is 4.98 Å². The molecule has 1 amide bonds. The van der Waals surface area contributed by atoms with E-state index in [0.29, 0.717) is 17.9 Å². The van der Waals surface area contributed by atoms with E-state index in [1.54, 1.807) is 12.3 Å². The summed E-state index contributed by atoms with van der Waals surface area (Å²) in [5, 5.41) is 5.55. The van der Waals surface area contributed by atoms with Gasteiger partial charge in [0.15, 0.2) is 0 Å². The third-order valence-corrected chi connectivity index (χ3v) is 3.54. The molecular formula is C19H21FN6O. The van der Waals surface area contributed by atoms with E-state index in [1.807, 2.05) is 18.2 Å². The Morgan fingerprint density at radius 2 is 1.78 bits per heavy atom. The fraction of sp³-hybridized carbons (Fsp3) is 0.105. The summed E-state index contributed by atoms with van der Waals surface area (Å²) in [6, 6.07) is 13.1. The minimum atomic E-state index is -0.309. The van der Waals surface area contributed by atoms with Gasteiger partial charge in [0, 0.05) is 23.3 Å². The van der Waals surface area contributed by atoms with Gasteiger partial charge in [-0.05, 0) is 60.5 Å². The van der Waals surface area contributed by atoms with Crippen LogP contribution >= 0.6 is 0 Å². The van der Waals surface area contributed by atoms with Gasteiger partial charge < -0.3 is 22.1 Å². The number of aromatic nitrogens is 2. The number of halogens is 1. The molecule has 0 aliphatic carbocycles. The Morgan fingerprint density at radius 3 is 2.41 bits per heavy atom. The molecule has 0 spiro atoms. The molecule has 3 aromatic rings. The number of anilines is 5. The summed E-state index contributed by atoms with van der Waals surface area (Å²) in [6.45, 7) is 2.07. The predicted molar refractivity (Wildman–Crippen MR) is 106 cm³/mol. The zero-order valence-corrected chi connectivity index (χ0v) is 14.8. The topological polar surface area (TPSA) is 119 Å². The van der Waals surface area contributed by atoms with E-state index in [-0.39, 0.29) is 11.8 Å². The van der Waals surface area contributed by atoms with E-state index in [0.717, 1.165) is 23.4 Å². The number of nitrogens with zero attached hydrogens (tertiary/aromatic N) is 2. The van der Waals surface area contributed by atoms with Gasteiger partial charge in [-0.3, -0.25) is 4.79 Å². The molecule has 140 valence electrons. The summed E-state index contributed by atoms with van der Waals surface area (Å²) in [7, 11) is 0. The van der Waals surface area contributed by atoms with Crippen molar-refractivity contribution in [2.45, 2.75) is 13.3 Å². The van der Waals surface area contributed by atoms with Crippen molar-refractivity contribution in [1.29, 1.82) is 0 Å². The average Bonchev–Trinajstić information content (AvgIpc) is 2.66. The van der Waals surface area contributed by atoms with Crippen molar-refractivity contribution in [3.63, 3.8) is 0 Å². The lowest BCUT2D eigenvalue weighted by atomic mass is 10.1. The summed E-state index contributed by atoms with van der Waals surface area (Å²) in [5.74, 6) is 0.613. The summed E-state index contributed by atoms with van der Waals surface area (Å²) in [4.78, 5) is 17.8. The van der Waals surface area contributed by atoms with Gasteiger partial charge in [-0.15, -0.1) is 0 Å². The van der Waals surface area contributed by atoms with Crippen molar-refractivity contribution in [3.8, 4) is 0 Å². The third kappa shape index (κ3) is 6.28. The molecule has 1 heterocycles. The Hall–Kier alpha value is -3.68. The van der Waals surface area contributed by atoms with Crippen molar-refractivity contribution in [3.05, 3.63) is 66.1 Å². The van der Waals surface area contributed by atoms with Gasteiger partial charge in [0.2, 0.25) is 12.4 Å². The van der Waals surface area contributed by atoms with Crippen molar-refractivity contribution >= 4 is 35.2 Å². The number of rotatable bonds is 5. The molecule has 0 aliphatic heterocycles. The number of nitrogens with one attached hydrogen (secondary N) is 2. The maximum atomic E-state index is 12.2. The predicted octanol–water partition coefficient (Wildman–Crippen LogP) is 3.34. The smallest absolute Gasteiger partial charge is 0.221 e. The van der Waals surface area contributed by atoms with Crippen LogP contribution in [0.2, 0.25) is 0 Å². The quantitative estimate of drug-likeness (QED) is 0.405. The van der Waals surface area contributed by atoms with Crippen molar-refractivity contribution in [2.24, 2.45) is 0 Å². The van der Waals surface area contributed by atoms with Crippen LogP contribution in [0.4, 0.5) is 33.2 Å². The molecule has 0 aliphatic rings. The number of nitrogen functional groups attached to an aromatic ring is 2. The second kappa shape index (κ2) is 9.71. The van der Waals surface area contributed by atoms with E-state index in [2.05, 4.69) is 27.5 Å². The molecule has 7 nitrogen and oxygen atoms in total. The highest BCUT2D eigenvalue weighted by molar-refractivity contribution is 5.70. The largest absolute Gasteiger partial charge is 0.399 e. The number of nitrogens with two attached hydrogens (primary N) is 2. The van der Waals surface area contributed by atoms with Crippen molar-refractivity contribution in [1.82, 2.24) is 9.97 Å². The third-order valence-electron chi connectivity index (χ3n) is 3.54. The van der Waals surface area contributed by atoms with Crippen molar-refractivity contribution in [2.75, 3.05) is 22.1 Å². The molecule has 0 atom stereocenters. The van der Waals surface area contributed by atoms with E-state index >= 15 is 0 Å². The van der Waals surface area contributed by atoms with Crippen LogP contribution in [-0.2, 0) is 11.2 Å². The Bertz CT molecular complexity index is 886. The van der Waals surface area contributed by atoms with Crippen LogP contribution < -0.4 is 22.1 Å². The maximum Gasteiger partial charge on any atom is 0.221 e. The lowest BCUT2D eigenvalue weighted by molar-refractivity contribution is -0.105. The SMILES string of the molecule is CCc1cc(Nc2ccnc(N)n2)ccc1N.O=CNc1ccc(F)cc1. The van der Waals surface area contributed by atoms with E-state index in [9.17, 15) is 9.18 Å². The zero-order valence-electron chi connectivity index (χ0n) is 14.8. The van der Waals surface area contributed by atoms with Gasteiger partial charge >= 0.3 is 0 Å². The maximum absolute atomic E-state index is 12.2. The summed E-state index contributed by atoms with van der Waals surface area (Å²) >= 11 is 0. The van der Waals surface area contributed by atoms with E-state index in [4.69, 9.17) is 11.5 Å². The highest BCUT2D eigenvalue weighted by Gasteiger charge is 2.01. The number of benzene rings is 2. The Balaban J connectivity index is 0.000000223. The van der Waals surface area contributed by atoms with E-state index < -0.39 is 0 Å². The molecule has 2 aromatic carbocycles. The highest BCUT2D eigenvalue weighted by Crippen LogP contribution is 2.21. The first-order valence-corrected chi connectivity index (χ1v) is 8.21. The Labute approximate surface area is 156 Å². The molecule has 1 aromatic heterocycles. The van der Waals surface area contributed by atoms with Gasteiger partial charge in [0.05, 0.1) is 0 Å². The lowest BCUT2D eigenvalue weighted by Gasteiger charge is -2.09. The minimum Gasteiger partial charge on any atom is -0.399 e. The molecule has 27 heavy (non-hydrogen) atoms. The lowest BCUT2D eigenvalue weighted by Crippen LogP contribution is -2.00. The second-order valence-electron chi connectivity index (χ2n) is 5.46. The molecule has 6 N–H and O–H groups in total. The van der Waals surface area contributed by atoms with Crippen LogP contribution in [0.1, 0.15) is 12.5 Å². The van der Waals surface area contributed by atoms with Crippen LogP contribution in [0.3, 0.4) is 0 Å². The second-order valence-corrected chi connectivity index (χ2v) is 5.46. The molecular weight excluding hydrogens is 347 g/mol. The molecule has 8 heteroatoms. The minimum absolute atomic E-state index is 0.251. The highest BCUT2D eigenvalue weighted by atomic mass is 19.1. The molecule has 0 unspecified atom stereocenters. The van der Waals surface area contributed by atoms with Crippen LogP contribution in [0.15, 0.2) is 54.7 Å². The number of hydrogen-bond acceptors (Lipinski definition) is 6. The fourth-order valence-corrected chi connectivity index (χ4v) is 2.20. The first kappa shape index (κ1) is 19.6. The number of carbonyl (C=O) groups excluding carboxylic acids is 1. The van der Waals surface area contributed by atoms with Crippen LogP contribution in [0, 0.1) is 5.82 Å². The number of hydrogen-bond donors (Lipinski definition) is 4. The molecule has 0 saturated heterocycles. The van der Waals surface area contributed by atoms with E-state index in [1.165, 1.54) is 24.3 Å². The van der Waals surface area contributed by atoms with Crippen LogP contribution in [-0.4, -0.2) is 16.4 Å². The summed E-state index contributed by atoms with van der Waals surface area (Å²) in [5.41, 5.74) is 14.8. The number of amides is 1. The van der Waals surface area contributed by atoms with Gasteiger partial charge in [-0.1, -0.05) is 6.92 Å². The van der Waals surface area contributed by atoms with Crippen molar-refractivity contribution < 1.29 is 9.18 Å². The first-order valence-electron chi connectivity index (χ1n) is 8.21. The van der Waals surface area contributed by atoms with Gasteiger partial charge in [-0.25, -0.2) is 9.37 Å².